The van der Waals surface area contributed by atoms with Gasteiger partial charge in [0.25, 0.3) is 5.91 Å². The maximum atomic E-state index is 12.4. The van der Waals surface area contributed by atoms with Crippen LogP contribution < -0.4 is 16.0 Å². The van der Waals surface area contributed by atoms with Gasteiger partial charge >= 0.3 is 0 Å². The molecule has 140 valence electrons. The molecule has 0 atom stereocenters. The van der Waals surface area contributed by atoms with E-state index in [1.807, 2.05) is 32.9 Å². The highest BCUT2D eigenvalue weighted by Gasteiger charge is 2.17. The van der Waals surface area contributed by atoms with Gasteiger partial charge < -0.3 is 16.0 Å². The van der Waals surface area contributed by atoms with Crippen LogP contribution in [0.15, 0.2) is 30.3 Å². The quantitative estimate of drug-likeness (QED) is 0.779. The SMILES string of the molecule is Cc1cc(C)c(NC(=O)CNC(=O)c2ccc3c(c2)CCC(=O)N3)c(C)c1. The van der Waals surface area contributed by atoms with Gasteiger partial charge in [0.15, 0.2) is 0 Å². The number of hydrogen-bond donors (Lipinski definition) is 3. The number of amides is 3. The van der Waals surface area contributed by atoms with Crippen molar-refractivity contribution < 1.29 is 14.4 Å². The summed E-state index contributed by atoms with van der Waals surface area (Å²) in [4.78, 5) is 36.0. The molecule has 1 heterocycles. The largest absolute Gasteiger partial charge is 0.343 e. The zero-order valence-electron chi connectivity index (χ0n) is 15.7. The van der Waals surface area contributed by atoms with Gasteiger partial charge in [0, 0.05) is 23.4 Å². The lowest BCUT2D eigenvalue weighted by Gasteiger charge is -2.17. The minimum atomic E-state index is -0.317. The molecule has 3 amide bonds. The maximum absolute atomic E-state index is 12.4. The number of rotatable bonds is 4. The van der Waals surface area contributed by atoms with E-state index in [1.165, 1.54) is 0 Å². The molecule has 2 aromatic carbocycles. The zero-order chi connectivity index (χ0) is 19.6. The Morgan fingerprint density at radius 3 is 2.44 bits per heavy atom. The van der Waals surface area contributed by atoms with Gasteiger partial charge in [0.05, 0.1) is 6.54 Å². The molecule has 3 rings (SSSR count). The maximum Gasteiger partial charge on any atom is 0.251 e. The fourth-order valence-corrected chi connectivity index (χ4v) is 3.35. The van der Waals surface area contributed by atoms with Gasteiger partial charge in [-0.3, -0.25) is 14.4 Å². The fraction of sp³-hybridized carbons (Fsp3) is 0.286. The third kappa shape index (κ3) is 4.34. The summed E-state index contributed by atoms with van der Waals surface area (Å²) in [5, 5.41) is 8.30. The fourth-order valence-electron chi connectivity index (χ4n) is 3.35. The van der Waals surface area contributed by atoms with Crippen molar-refractivity contribution in [2.75, 3.05) is 17.2 Å². The standard InChI is InChI=1S/C21H23N3O3/c1-12-8-13(2)20(14(3)9-12)24-19(26)11-22-21(27)16-4-6-17-15(10-16)5-7-18(25)23-17/h4,6,8-10H,5,7,11H2,1-3H3,(H,22,27)(H,23,25)(H,24,26). The summed E-state index contributed by atoms with van der Waals surface area (Å²) in [7, 11) is 0. The van der Waals surface area contributed by atoms with Gasteiger partial charge in [-0.15, -0.1) is 0 Å². The lowest BCUT2D eigenvalue weighted by Crippen LogP contribution is -2.33. The van der Waals surface area contributed by atoms with Gasteiger partial charge in [-0.1, -0.05) is 17.7 Å². The van der Waals surface area contributed by atoms with E-state index < -0.39 is 0 Å². The van der Waals surface area contributed by atoms with Crippen LogP contribution in [0.4, 0.5) is 11.4 Å². The van der Waals surface area contributed by atoms with Gasteiger partial charge in [0.1, 0.15) is 0 Å². The van der Waals surface area contributed by atoms with Crippen LogP contribution in [0.5, 0.6) is 0 Å². The molecular formula is C21H23N3O3. The molecule has 0 fully saturated rings. The van der Waals surface area contributed by atoms with E-state index in [9.17, 15) is 14.4 Å². The third-order valence-corrected chi connectivity index (χ3v) is 4.61. The summed E-state index contributed by atoms with van der Waals surface area (Å²) in [6, 6.07) is 9.14. The second-order valence-electron chi connectivity index (χ2n) is 6.92. The Kier molecular flexibility index (Phi) is 5.26. The summed E-state index contributed by atoms with van der Waals surface area (Å²) in [6.45, 7) is 5.79. The molecule has 0 aliphatic carbocycles. The molecule has 6 heteroatoms. The lowest BCUT2D eigenvalue weighted by molar-refractivity contribution is -0.116. The zero-order valence-corrected chi connectivity index (χ0v) is 15.7. The summed E-state index contributed by atoms with van der Waals surface area (Å²) in [5.41, 5.74) is 6.04. The number of hydrogen-bond acceptors (Lipinski definition) is 3. The van der Waals surface area contributed by atoms with Crippen molar-refractivity contribution in [3.63, 3.8) is 0 Å². The highest BCUT2D eigenvalue weighted by atomic mass is 16.2. The molecule has 0 aromatic heterocycles. The second kappa shape index (κ2) is 7.61. The minimum Gasteiger partial charge on any atom is -0.343 e. The van der Waals surface area contributed by atoms with Crippen molar-refractivity contribution in [1.82, 2.24) is 5.32 Å². The number of fused-ring (bicyclic) bond motifs is 1. The summed E-state index contributed by atoms with van der Waals surface area (Å²) in [5.74, 6) is -0.608. The van der Waals surface area contributed by atoms with Crippen molar-refractivity contribution in [2.45, 2.75) is 33.6 Å². The van der Waals surface area contributed by atoms with Gasteiger partial charge in [-0.05, 0) is 62.1 Å². The molecule has 6 nitrogen and oxygen atoms in total. The topological polar surface area (TPSA) is 87.3 Å². The average Bonchev–Trinajstić information content (AvgIpc) is 2.62. The Hall–Kier alpha value is -3.15. The second-order valence-corrected chi connectivity index (χ2v) is 6.92. The molecule has 0 saturated carbocycles. The smallest absolute Gasteiger partial charge is 0.251 e. The van der Waals surface area contributed by atoms with Gasteiger partial charge in [-0.25, -0.2) is 0 Å². The molecule has 1 aliphatic rings. The first kappa shape index (κ1) is 18.6. The predicted molar refractivity (Wildman–Crippen MR) is 105 cm³/mol. The summed E-state index contributed by atoms with van der Waals surface area (Å²) in [6.07, 6.45) is 1.02. The molecule has 0 radical (unpaired) electrons. The van der Waals surface area contributed by atoms with Gasteiger partial charge in [-0.2, -0.15) is 0 Å². The number of carbonyl (C=O) groups excluding carboxylic acids is 3. The van der Waals surface area contributed by atoms with Gasteiger partial charge in [0.2, 0.25) is 11.8 Å². The molecule has 2 aromatic rings. The predicted octanol–water partition coefficient (Wildman–Crippen LogP) is 2.87. The molecule has 0 bridgehead atoms. The molecule has 3 N–H and O–H groups in total. The lowest BCUT2D eigenvalue weighted by atomic mass is 10.00. The van der Waals surface area contributed by atoms with Crippen molar-refractivity contribution in [2.24, 2.45) is 0 Å². The molecule has 0 unspecified atom stereocenters. The number of anilines is 2. The van der Waals surface area contributed by atoms with E-state index in [0.717, 1.165) is 33.6 Å². The highest BCUT2D eigenvalue weighted by molar-refractivity contribution is 6.01. The van der Waals surface area contributed by atoms with Crippen LogP contribution >= 0.6 is 0 Å². The number of carbonyl (C=O) groups is 3. The first-order chi connectivity index (χ1) is 12.8. The van der Waals surface area contributed by atoms with Crippen LogP contribution in [-0.4, -0.2) is 24.3 Å². The van der Waals surface area contributed by atoms with E-state index in [-0.39, 0.29) is 24.3 Å². The Balaban J connectivity index is 1.61. The van der Waals surface area contributed by atoms with E-state index in [4.69, 9.17) is 0 Å². The first-order valence-corrected chi connectivity index (χ1v) is 8.92. The molecular weight excluding hydrogens is 342 g/mol. The van der Waals surface area contributed by atoms with Crippen LogP contribution in [0.2, 0.25) is 0 Å². The Bertz CT molecular complexity index is 911. The Morgan fingerprint density at radius 2 is 1.74 bits per heavy atom. The van der Waals surface area contributed by atoms with Crippen molar-refractivity contribution in [3.05, 3.63) is 58.1 Å². The van der Waals surface area contributed by atoms with E-state index >= 15 is 0 Å². The summed E-state index contributed by atoms with van der Waals surface area (Å²) >= 11 is 0. The van der Waals surface area contributed by atoms with Crippen molar-refractivity contribution >= 4 is 29.1 Å². The number of benzene rings is 2. The Morgan fingerprint density at radius 1 is 1.04 bits per heavy atom. The normalized spacial score (nSPS) is 12.8. The van der Waals surface area contributed by atoms with Crippen LogP contribution in [-0.2, 0) is 16.0 Å². The summed E-state index contributed by atoms with van der Waals surface area (Å²) < 4.78 is 0. The van der Waals surface area contributed by atoms with E-state index in [1.54, 1.807) is 18.2 Å². The molecule has 1 aliphatic heterocycles. The third-order valence-electron chi connectivity index (χ3n) is 4.61. The van der Waals surface area contributed by atoms with E-state index in [0.29, 0.717) is 18.4 Å². The minimum absolute atomic E-state index is 0.0157. The average molecular weight is 365 g/mol. The first-order valence-electron chi connectivity index (χ1n) is 8.92. The highest BCUT2D eigenvalue weighted by Crippen LogP contribution is 2.24. The van der Waals surface area contributed by atoms with Crippen LogP contribution in [0.1, 0.15) is 39.0 Å². The number of aryl methyl sites for hydroxylation is 4. The van der Waals surface area contributed by atoms with Crippen molar-refractivity contribution in [1.29, 1.82) is 0 Å². The van der Waals surface area contributed by atoms with Crippen LogP contribution in [0.3, 0.4) is 0 Å². The van der Waals surface area contributed by atoms with Crippen LogP contribution in [0, 0.1) is 20.8 Å². The van der Waals surface area contributed by atoms with Crippen LogP contribution in [0.25, 0.3) is 0 Å². The van der Waals surface area contributed by atoms with E-state index in [2.05, 4.69) is 16.0 Å². The van der Waals surface area contributed by atoms with Crippen molar-refractivity contribution in [3.8, 4) is 0 Å². The molecule has 27 heavy (non-hydrogen) atoms. The number of nitrogens with one attached hydrogen (secondary N) is 3. The Labute approximate surface area is 158 Å². The monoisotopic (exact) mass is 365 g/mol. The molecule has 0 spiro atoms. The molecule has 0 saturated heterocycles.